The largest absolute Gasteiger partial charge is 0.316 e. The lowest BCUT2D eigenvalue weighted by Crippen LogP contribution is -2.53. The van der Waals surface area contributed by atoms with Crippen LogP contribution in [0.1, 0.15) is 38.5 Å². The van der Waals surface area contributed by atoms with Crippen molar-refractivity contribution in [2.75, 3.05) is 33.2 Å². The summed E-state index contributed by atoms with van der Waals surface area (Å²) >= 11 is 0. The molecule has 1 N–H and O–H groups in total. The molecule has 3 heterocycles. The van der Waals surface area contributed by atoms with Gasteiger partial charge in [-0.1, -0.05) is 0 Å². The van der Waals surface area contributed by atoms with Gasteiger partial charge in [-0.25, -0.2) is 0 Å². The third-order valence-corrected chi connectivity index (χ3v) is 5.17. The topological polar surface area (TPSA) is 18.5 Å². The first-order valence-corrected chi connectivity index (χ1v) is 7.52. The van der Waals surface area contributed by atoms with E-state index in [-0.39, 0.29) is 0 Å². The summed E-state index contributed by atoms with van der Waals surface area (Å²) in [5.74, 6) is 0. The van der Waals surface area contributed by atoms with Crippen molar-refractivity contribution < 1.29 is 0 Å². The fourth-order valence-corrected chi connectivity index (χ4v) is 4.11. The van der Waals surface area contributed by atoms with E-state index in [1.807, 2.05) is 0 Å². The van der Waals surface area contributed by atoms with E-state index < -0.39 is 0 Å². The first-order chi connectivity index (χ1) is 8.36. The molecule has 3 saturated heterocycles. The van der Waals surface area contributed by atoms with Crippen molar-refractivity contribution in [1.82, 2.24) is 15.1 Å². The van der Waals surface area contributed by atoms with Gasteiger partial charge in [-0.2, -0.15) is 0 Å². The predicted octanol–water partition coefficient (Wildman–Crippen LogP) is 1.30. The van der Waals surface area contributed by atoms with Gasteiger partial charge in [0.15, 0.2) is 0 Å². The highest BCUT2D eigenvalue weighted by atomic mass is 15.2. The lowest BCUT2D eigenvalue weighted by atomic mass is 9.93. The number of piperidine rings is 2. The zero-order chi connectivity index (χ0) is 11.7. The van der Waals surface area contributed by atoms with Gasteiger partial charge < -0.3 is 10.2 Å². The Balaban J connectivity index is 1.57. The highest BCUT2D eigenvalue weighted by Crippen LogP contribution is 2.30. The zero-order valence-corrected chi connectivity index (χ0v) is 11.2. The van der Waals surface area contributed by atoms with Crippen LogP contribution < -0.4 is 5.32 Å². The number of fused-ring (bicyclic) bond motifs is 1. The zero-order valence-electron chi connectivity index (χ0n) is 11.2. The Labute approximate surface area is 106 Å². The van der Waals surface area contributed by atoms with Crippen LogP contribution >= 0.6 is 0 Å². The van der Waals surface area contributed by atoms with Crippen LogP contribution in [-0.4, -0.2) is 61.2 Å². The third kappa shape index (κ3) is 2.51. The van der Waals surface area contributed by atoms with Crippen molar-refractivity contribution in [2.45, 2.75) is 56.7 Å². The number of hydrogen-bond donors (Lipinski definition) is 1. The lowest BCUT2D eigenvalue weighted by Gasteiger charge is -2.43. The van der Waals surface area contributed by atoms with Crippen LogP contribution in [-0.2, 0) is 0 Å². The fraction of sp³-hybridized carbons (Fsp3) is 1.00. The van der Waals surface area contributed by atoms with Crippen molar-refractivity contribution in [1.29, 1.82) is 0 Å². The Kier molecular flexibility index (Phi) is 3.69. The summed E-state index contributed by atoms with van der Waals surface area (Å²) in [5.41, 5.74) is 0. The first kappa shape index (κ1) is 11.9. The van der Waals surface area contributed by atoms with Crippen LogP contribution in [0, 0.1) is 0 Å². The Morgan fingerprint density at radius 3 is 2.53 bits per heavy atom. The molecule has 0 radical (unpaired) electrons. The van der Waals surface area contributed by atoms with Crippen molar-refractivity contribution in [3.8, 4) is 0 Å². The van der Waals surface area contributed by atoms with Gasteiger partial charge in [0.25, 0.3) is 0 Å². The smallest absolute Gasteiger partial charge is 0.0192 e. The molecule has 3 fully saturated rings. The standard InChI is InChI=1S/C14H27N3/c1-15-12-4-2-8-17(11-12)14-6-9-16-7-3-5-13(16)10-14/h12-15H,2-11H2,1H3. The molecule has 3 nitrogen and oxygen atoms in total. The van der Waals surface area contributed by atoms with Crippen LogP contribution in [0.2, 0.25) is 0 Å². The summed E-state index contributed by atoms with van der Waals surface area (Å²) in [7, 11) is 2.12. The van der Waals surface area contributed by atoms with Crippen LogP contribution in [0.5, 0.6) is 0 Å². The summed E-state index contributed by atoms with van der Waals surface area (Å²) in [4.78, 5) is 5.51. The molecule has 3 rings (SSSR count). The number of hydrogen-bond acceptors (Lipinski definition) is 3. The average molecular weight is 237 g/mol. The van der Waals surface area contributed by atoms with E-state index in [1.54, 1.807) is 0 Å². The molecule has 0 aromatic carbocycles. The monoisotopic (exact) mass is 237 g/mol. The molecule has 3 heteroatoms. The minimum absolute atomic E-state index is 0.741. The maximum atomic E-state index is 3.47. The van der Waals surface area contributed by atoms with E-state index in [9.17, 15) is 0 Å². The fourth-order valence-electron chi connectivity index (χ4n) is 4.11. The molecular formula is C14H27N3. The van der Waals surface area contributed by atoms with Crippen molar-refractivity contribution in [2.24, 2.45) is 0 Å². The van der Waals surface area contributed by atoms with Gasteiger partial charge in [0.1, 0.15) is 0 Å². The molecule has 0 spiro atoms. The second kappa shape index (κ2) is 5.25. The molecule has 0 saturated carbocycles. The molecule has 0 bridgehead atoms. The number of nitrogens with one attached hydrogen (secondary N) is 1. The van der Waals surface area contributed by atoms with Crippen molar-refractivity contribution >= 4 is 0 Å². The van der Waals surface area contributed by atoms with Crippen LogP contribution in [0.25, 0.3) is 0 Å². The lowest BCUT2D eigenvalue weighted by molar-refractivity contribution is 0.0652. The van der Waals surface area contributed by atoms with Crippen molar-refractivity contribution in [3.63, 3.8) is 0 Å². The SMILES string of the molecule is CNC1CCCN(C2CCN3CCCC3C2)C1. The molecule has 3 unspecified atom stereocenters. The molecular weight excluding hydrogens is 210 g/mol. The van der Waals surface area contributed by atoms with Gasteiger partial charge in [-0.05, 0) is 65.2 Å². The third-order valence-electron chi connectivity index (χ3n) is 5.17. The number of likely N-dealkylation sites (tertiary alicyclic amines) is 1. The molecule has 17 heavy (non-hydrogen) atoms. The maximum Gasteiger partial charge on any atom is 0.0192 e. The van der Waals surface area contributed by atoms with E-state index in [1.165, 1.54) is 64.7 Å². The van der Waals surface area contributed by atoms with E-state index in [2.05, 4.69) is 22.2 Å². The normalized spacial score (nSPS) is 40.4. The van der Waals surface area contributed by atoms with Gasteiger partial charge in [0.05, 0.1) is 0 Å². The van der Waals surface area contributed by atoms with E-state index >= 15 is 0 Å². The Hall–Kier alpha value is -0.120. The Morgan fingerprint density at radius 1 is 0.882 bits per heavy atom. The van der Waals surface area contributed by atoms with Gasteiger partial charge >= 0.3 is 0 Å². The Bertz CT molecular complexity index is 256. The van der Waals surface area contributed by atoms with E-state index in [0.29, 0.717) is 0 Å². The van der Waals surface area contributed by atoms with Gasteiger partial charge in [0.2, 0.25) is 0 Å². The first-order valence-electron chi connectivity index (χ1n) is 7.52. The summed E-state index contributed by atoms with van der Waals surface area (Å²) in [5, 5.41) is 3.47. The van der Waals surface area contributed by atoms with E-state index in [0.717, 1.165) is 18.1 Å². The number of likely N-dealkylation sites (N-methyl/N-ethyl adjacent to an activating group) is 1. The second-order valence-corrected chi connectivity index (χ2v) is 6.13. The van der Waals surface area contributed by atoms with Crippen molar-refractivity contribution in [3.05, 3.63) is 0 Å². The molecule has 0 aromatic rings. The minimum Gasteiger partial charge on any atom is -0.316 e. The molecule has 3 atom stereocenters. The minimum atomic E-state index is 0.741. The highest BCUT2D eigenvalue weighted by Gasteiger charge is 2.35. The van der Waals surface area contributed by atoms with Gasteiger partial charge in [0, 0.05) is 24.7 Å². The quantitative estimate of drug-likeness (QED) is 0.781. The highest BCUT2D eigenvalue weighted by molar-refractivity contribution is 4.92. The summed E-state index contributed by atoms with van der Waals surface area (Å²) in [6.07, 6.45) is 8.51. The van der Waals surface area contributed by atoms with Crippen LogP contribution in [0.15, 0.2) is 0 Å². The molecule has 0 aliphatic carbocycles. The summed E-state index contributed by atoms with van der Waals surface area (Å²) < 4.78 is 0. The maximum absolute atomic E-state index is 3.47. The average Bonchev–Trinajstić information content (AvgIpc) is 2.86. The van der Waals surface area contributed by atoms with Gasteiger partial charge in [-0.15, -0.1) is 0 Å². The number of rotatable bonds is 2. The summed E-state index contributed by atoms with van der Waals surface area (Å²) in [6.45, 7) is 5.36. The molecule has 0 amide bonds. The molecule has 3 aliphatic rings. The number of nitrogens with zero attached hydrogens (tertiary/aromatic N) is 2. The second-order valence-electron chi connectivity index (χ2n) is 6.13. The van der Waals surface area contributed by atoms with Crippen LogP contribution in [0.3, 0.4) is 0 Å². The molecule has 98 valence electrons. The van der Waals surface area contributed by atoms with E-state index in [4.69, 9.17) is 0 Å². The predicted molar refractivity (Wildman–Crippen MR) is 71.3 cm³/mol. The van der Waals surface area contributed by atoms with Gasteiger partial charge in [-0.3, -0.25) is 4.90 Å². The van der Waals surface area contributed by atoms with Crippen LogP contribution in [0.4, 0.5) is 0 Å². The summed E-state index contributed by atoms with van der Waals surface area (Å²) in [6, 6.07) is 2.54. The molecule has 0 aromatic heterocycles. The molecule has 3 aliphatic heterocycles. The Morgan fingerprint density at radius 2 is 1.65 bits per heavy atom.